The molecule has 2 aromatic heterocycles. The SMILES string of the molecule is S=c1[nH]nc(Cn2nnc(-c3ccc(Cl)cc3)n2)n1-c1ccccc1. The summed E-state index contributed by atoms with van der Waals surface area (Å²) in [6, 6.07) is 17.0. The molecule has 4 aromatic rings. The third-order valence-corrected chi connectivity index (χ3v) is 4.12. The maximum atomic E-state index is 5.90. The summed E-state index contributed by atoms with van der Waals surface area (Å²) in [5.74, 6) is 1.22. The van der Waals surface area contributed by atoms with E-state index in [1.165, 1.54) is 4.80 Å². The molecule has 124 valence electrons. The highest BCUT2D eigenvalue weighted by Crippen LogP contribution is 2.17. The summed E-state index contributed by atoms with van der Waals surface area (Å²) in [6.07, 6.45) is 0. The van der Waals surface area contributed by atoms with Crippen LogP contribution in [0.15, 0.2) is 54.6 Å². The lowest BCUT2D eigenvalue weighted by Gasteiger charge is -2.05. The van der Waals surface area contributed by atoms with Gasteiger partial charge in [0.05, 0.1) is 0 Å². The van der Waals surface area contributed by atoms with Gasteiger partial charge in [0, 0.05) is 16.3 Å². The molecule has 0 saturated carbocycles. The highest BCUT2D eigenvalue weighted by Gasteiger charge is 2.12. The summed E-state index contributed by atoms with van der Waals surface area (Å²) in [4.78, 5) is 1.48. The van der Waals surface area contributed by atoms with E-state index in [-0.39, 0.29) is 0 Å². The van der Waals surface area contributed by atoms with E-state index in [9.17, 15) is 0 Å². The zero-order valence-corrected chi connectivity index (χ0v) is 14.4. The van der Waals surface area contributed by atoms with Crippen molar-refractivity contribution in [3.05, 3.63) is 70.2 Å². The molecule has 0 unspecified atom stereocenters. The first kappa shape index (κ1) is 15.7. The number of halogens is 1. The summed E-state index contributed by atoms with van der Waals surface area (Å²) in [5.41, 5.74) is 1.77. The number of benzene rings is 2. The molecule has 0 aliphatic rings. The van der Waals surface area contributed by atoms with Crippen molar-refractivity contribution in [2.45, 2.75) is 6.54 Å². The Balaban J connectivity index is 1.64. The highest BCUT2D eigenvalue weighted by atomic mass is 35.5. The van der Waals surface area contributed by atoms with Gasteiger partial charge in [-0.2, -0.15) is 9.90 Å². The number of aromatic amines is 1. The molecule has 9 heteroatoms. The number of para-hydroxylation sites is 1. The summed E-state index contributed by atoms with van der Waals surface area (Å²) in [5, 5.41) is 20.3. The first-order chi connectivity index (χ1) is 12.2. The van der Waals surface area contributed by atoms with Crippen LogP contribution in [-0.4, -0.2) is 35.0 Å². The van der Waals surface area contributed by atoms with E-state index in [0.717, 1.165) is 11.3 Å². The summed E-state index contributed by atoms with van der Waals surface area (Å²) in [7, 11) is 0. The topological polar surface area (TPSA) is 77.2 Å². The maximum Gasteiger partial charge on any atom is 0.204 e. The van der Waals surface area contributed by atoms with Gasteiger partial charge in [0.1, 0.15) is 6.54 Å². The molecule has 25 heavy (non-hydrogen) atoms. The van der Waals surface area contributed by atoms with E-state index in [1.807, 2.05) is 47.0 Å². The molecule has 7 nitrogen and oxygen atoms in total. The molecule has 0 atom stereocenters. The van der Waals surface area contributed by atoms with Gasteiger partial charge in [0.25, 0.3) is 0 Å². The van der Waals surface area contributed by atoms with Gasteiger partial charge in [-0.05, 0) is 53.8 Å². The van der Waals surface area contributed by atoms with Crippen LogP contribution in [0.3, 0.4) is 0 Å². The predicted molar refractivity (Wildman–Crippen MR) is 96.1 cm³/mol. The molecular weight excluding hydrogens is 358 g/mol. The lowest BCUT2D eigenvalue weighted by Crippen LogP contribution is -2.10. The molecule has 0 aliphatic heterocycles. The molecule has 1 N–H and O–H groups in total. The fourth-order valence-electron chi connectivity index (χ4n) is 2.43. The molecule has 2 heterocycles. The number of H-pyrrole nitrogens is 1. The van der Waals surface area contributed by atoms with E-state index in [1.54, 1.807) is 12.1 Å². The third kappa shape index (κ3) is 3.21. The van der Waals surface area contributed by atoms with Gasteiger partial charge in [-0.1, -0.05) is 29.8 Å². The second-order valence-electron chi connectivity index (χ2n) is 5.27. The Hall–Kier alpha value is -2.84. The van der Waals surface area contributed by atoms with Gasteiger partial charge in [0.2, 0.25) is 5.82 Å². The summed E-state index contributed by atoms with van der Waals surface area (Å²) in [6.45, 7) is 0.336. The Kier molecular flexibility index (Phi) is 4.12. The van der Waals surface area contributed by atoms with Crippen molar-refractivity contribution in [1.29, 1.82) is 0 Å². The Labute approximate surface area is 152 Å². The van der Waals surface area contributed by atoms with Gasteiger partial charge in [-0.3, -0.25) is 9.67 Å². The van der Waals surface area contributed by atoms with Gasteiger partial charge < -0.3 is 0 Å². The standard InChI is InChI=1S/C16H12ClN7S/c17-12-8-6-11(7-9-12)15-19-22-23(21-15)10-14-18-20-16(25)24(14)13-4-2-1-3-5-13/h1-9H,10H2,(H,20,25). The zero-order valence-electron chi connectivity index (χ0n) is 12.9. The van der Waals surface area contributed by atoms with Gasteiger partial charge >= 0.3 is 0 Å². The molecule has 4 rings (SSSR count). The molecule has 0 fully saturated rings. The molecular formula is C16H12ClN7S. The smallest absolute Gasteiger partial charge is 0.204 e. The van der Waals surface area contributed by atoms with Crippen LogP contribution >= 0.6 is 23.8 Å². The normalized spacial score (nSPS) is 10.9. The Morgan fingerprint density at radius 2 is 1.80 bits per heavy atom. The van der Waals surface area contributed by atoms with Gasteiger partial charge in [-0.15, -0.1) is 10.2 Å². The van der Waals surface area contributed by atoms with E-state index >= 15 is 0 Å². The number of rotatable bonds is 4. The minimum Gasteiger partial charge on any atom is -0.271 e. The molecule has 2 aromatic carbocycles. The Morgan fingerprint density at radius 3 is 2.56 bits per heavy atom. The van der Waals surface area contributed by atoms with E-state index in [0.29, 0.717) is 28.0 Å². The maximum absolute atomic E-state index is 5.90. The monoisotopic (exact) mass is 369 g/mol. The number of hydrogen-bond donors (Lipinski definition) is 1. The molecule has 0 aliphatic carbocycles. The minimum absolute atomic E-state index is 0.336. The lowest BCUT2D eigenvalue weighted by atomic mass is 10.2. The number of tetrazole rings is 1. The molecule has 0 spiro atoms. The van der Waals surface area contributed by atoms with Crippen molar-refractivity contribution >= 4 is 23.8 Å². The molecule has 0 saturated heterocycles. The van der Waals surface area contributed by atoms with Crippen LogP contribution in [0.2, 0.25) is 5.02 Å². The zero-order chi connectivity index (χ0) is 17.2. The number of nitrogens with one attached hydrogen (secondary N) is 1. The van der Waals surface area contributed by atoms with Crippen molar-refractivity contribution in [1.82, 2.24) is 35.0 Å². The van der Waals surface area contributed by atoms with Crippen molar-refractivity contribution in [2.75, 3.05) is 0 Å². The summed E-state index contributed by atoms with van der Waals surface area (Å²) < 4.78 is 2.36. The van der Waals surface area contributed by atoms with E-state index < -0.39 is 0 Å². The Bertz CT molecular complexity index is 1050. The minimum atomic E-state index is 0.336. The second kappa shape index (κ2) is 6.58. The number of aromatic nitrogens is 7. The van der Waals surface area contributed by atoms with Crippen LogP contribution in [0.25, 0.3) is 17.1 Å². The third-order valence-electron chi connectivity index (χ3n) is 3.59. The Morgan fingerprint density at radius 1 is 1.04 bits per heavy atom. The van der Waals surface area contributed by atoms with E-state index in [4.69, 9.17) is 23.8 Å². The average molecular weight is 370 g/mol. The van der Waals surface area contributed by atoms with Crippen molar-refractivity contribution in [3.8, 4) is 17.1 Å². The van der Waals surface area contributed by atoms with Crippen LogP contribution in [0, 0.1) is 4.77 Å². The quantitative estimate of drug-likeness (QED) is 0.558. The van der Waals surface area contributed by atoms with Crippen molar-refractivity contribution < 1.29 is 0 Å². The average Bonchev–Trinajstić information content (AvgIpc) is 3.24. The van der Waals surface area contributed by atoms with Crippen LogP contribution in [0.4, 0.5) is 0 Å². The highest BCUT2D eigenvalue weighted by molar-refractivity contribution is 7.71. The first-order valence-corrected chi connectivity index (χ1v) is 8.25. The van der Waals surface area contributed by atoms with Gasteiger partial charge in [0.15, 0.2) is 10.6 Å². The predicted octanol–water partition coefficient (Wildman–Crippen LogP) is 3.29. The fraction of sp³-hybridized carbons (Fsp3) is 0.0625. The van der Waals surface area contributed by atoms with Crippen LogP contribution < -0.4 is 0 Å². The summed E-state index contributed by atoms with van der Waals surface area (Å²) >= 11 is 11.2. The van der Waals surface area contributed by atoms with Crippen molar-refractivity contribution in [3.63, 3.8) is 0 Å². The van der Waals surface area contributed by atoms with Gasteiger partial charge in [-0.25, -0.2) is 0 Å². The number of nitrogens with zero attached hydrogens (tertiary/aromatic N) is 6. The van der Waals surface area contributed by atoms with Crippen LogP contribution in [0.5, 0.6) is 0 Å². The van der Waals surface area contributed by atoms with E-state index in [2.05, 4.69) is 25.6 Å². The number of hydrogen-bond acceptors (Lipinski definition) is 5. The molecule has 0 amide bonds. The molecule has 0 bridgehead atoms. The second-order valence-corrected chi connectivity index (χ2v) is 6.09. The van der Waals surface area contributed by atoms with Crippen LogP contribution in [-0.2, 0) is 6.54 Å². The molecule has 0 radical (unpaired) electrons. The van der Waals surface area contributed by atoms with Crippen LogP contribution in [0.1, 0.15) is 5.82 Å². The first-order valence-electron chi connectivity index (χ1n) is 7.46. The van der Waals surface area contributed by atoms with Crippen molar-refractivity contribution in [2.24, 2.45) is 0 Å². The fourth-order valence-corrected chi connectivity index (χ4v) is 2.81. The largest absolute Gasteiger partial charge is 0.271 e. The lowest BCUT2D eigenvalue weighted by molar-refractivity contribution is 0.548.